The molecule has 1 fully saturated rings. The van der Waals surface area contributed by atoms with Crippen molar-refractivity contribution in [3.8, 4) is 11.5 Å². The van der Waals surface area contributed by atoms with Gasteiger partial charge >= 0.3 is 0 Å². The zero-order chi connectivity index (χ0) is 18.1. The molecule has 2 heterocycles. The number of benzene rings is 2. The van der Waals surface area contributed by atoms with E-state index in [2.05, 4.69) is 17.0 Å². The minimum Gasteiger partial charge on any atom is -0.508 e. The minimum atomic E-state index is -0.692. The molecular weight excluding hydrogens is 330 g/mol. The highest BCUT2D eigenvalue weighted by Crippen LogP contribution is 2.38. The Morgan fingerprint density at radius 1 is 1.08 bits per heavy atom. The molecule has 2 aliphatic rings. The fourth-order valence-corrected chi connectivity index (χ4v) is 4.10. The fraction of sp³-hybridized carbons (Fsp3) is 0.429. The van der Waals surface area contributed by atoms with Gasteiger partial charge in [0, 0.05) is 31.1 Å². The SMILES string of the molecule is Oc1ccc2c(c1)OC[C@@H](N1CCC(O)(Cc3ccccc3)CC1)[C@H]2O. The van der Waals surface area contributed by atoms with E-state index >= 15 is 0 Å². The zero-order valence-corrected chi connectivity index (χ0v) is 14.7. The van der Waals surface area contributed by atoms with Crippen molar-refractivity contribution in [3.63, 3.8) is 0 Å². The second-order valence-corrected chi connectivity index (χ2v) is 7.47. The molecule has 0 aliphatic carbocycles. The Kier molecular flexibility index (Phi) is 4.61. The number of phenols is 1. The third-order valence-corrected chi connectivity index (χ3v) is 5.66. The van der Waals surface area contributed by atoms with Gasteiger partial charge in [-0.2, -0.15) is 0 Å². The second kappa shape index (κ2) is 6.91. The third-order valence-electron chi connectivity index (χ3n) is 5.66. The first-order chi connectivity index (χ1) is 12.5. The number of hydrogen-bond acceptors (Lipinski definition) is 5. The van der Waals surface area contributed by atoms with Crippen LogP contribution in [0.1, 0.15) is 30.1 Å². The summed E-state index contributed by atoms with van der Waals surface area (Å²) in [4.78, 5) is 2.21. The first-order valence-corrected chi connectivity index (χ1v) is 9.18. The number of aliphatic hydroxyl groups excluding tert-OH is 1. The summed E-state index contributed by atoms with van der Waals surface area (Å²) < 4.78 is 5.76. The summed E-state index contributed by atoms with van der Waals surface area (Å²) in [5, 5.41) is 31.3. The van der Waals surface area contributed by atoms with Crippen molar-refractivity contribution in [3.05, 3.63) is 59.7 Å². The molecule has 2 atom stereocenters. The van der Waals surface area contributed by atoms with E-state index in [0.29, 0.717) is 37.2 Å². The standard InChI is InChI=1S/C21H25NO4/c23-16-6-7-17-19(12-16)26-14-18(20(17)24)22-10-8-21(25,9-11-22)13-15-4-2-1-3-5-15/h1-7,12,18,20,23-25H,8-11,13-14H2/t18-,20+/m1/s1. The lowest BCUT2D eigenvalue weighted by Gasteiger charge is -2.44. The van der Waals surface area contributed by atoms with Gasteiger partial charge in [-0.1, -0.05) is 30.3 Å². The summed E-state index contributed by atoms with van der Waals surface area (Å²) in [6.45, 7) is 1.83. The summed E-state index contributed by atoms with van der Waals surface area (Å²) in [6.07, 6.45) is 1.36. The van der Waals surface area contributed by atoms with E-state index in [1.165, 1.54) is 0 Å². The Labute approximate surface area is 153 Å². The molecule has 2 aromatic carbocycles. The van der Waals surface area contributed by atoms with Gasteiger partial charge < -0.3 is 20.1 Å². The number of rotatable bonds is 3. The van der Waals surface area contributed by atoms with E-state index in [4.69, 9.17) is 4.74 Å². The Balaban J connectivity index is 1.41. The van der Waals surface area contributed by atoms with E-state index in [1.54, 1.807) is 18.2 Å². The molecular formula is C21H25NO4. The number of nitrogens with zero attached hydrogens (tertiary/aromatic N) is 1. The van der Waals surface area contributed by atoms with Gasteiger partial charge in [-0.25, -0.2) is 0 Å². The van der Waals surface area contributed by atoms with Crippen LogP contribution in [-0.2, 0) is 6.42 Å². The summed E-state index contributed by atoms with van der Waals surface area (Å²) in [5.74, 6) is 0.685. The van der Waals surface area contributed by atoms with Gasteiger partial charge in [-0.05, 0) is 30.5 Å². The number of likely N-dealkylation sites (tertiary alicyclic amines) is 1. The first kappa shape index (κ1) is 17.3. The molecule has 26 heavy (non-hydrogen) atoms. The van der Waals surface area contributed by atoms with Crippen LogP contribution >= 0.6 is 0 Å². The summed E-state index contributed by atoms with van der Waals surface area (Å²) in [5.41, 5.74) is 1.17. The van der Waals surface area contributed by atoms with Gasteiger partial charge in [0.1, 0.15) is 24.2 Å². The topological polar surface area (TPSA) is 73.2 Å². The van der Waals surface area contributed by atoms with Gasteiger partial charge in [0.05, 0.1) is 11.6 Å². The van der Waals surface area contributed by atoms with Crippen LogP contribution in [0.5, 0.6) is 11.5 Å². The van der Waals surface area contributed by atoms with Crippen LogP contribution in [0.25, 0.3) is 0 Å². The van der Waals surface area contributed by atoms with Crippen molar-refractivity contribution in [2.75, 3.05) is 19.7 Å². The molecule has 0 radical (unpaired) electrons. The summed E-state index contributed by atoms with van der Waals surface area (Å²) >= 11 is 0. The predicted octanol–water partition coefficient (Wildman–Crippen LogP) is 2.26. The number of ether oxygens (including phenoxy) is 1. The molecule has 2 aromatic rings. The van der Waals surface area contributed by atoms with E-state index in [9.17, 15) is 15.3 Å². The molecule has 1 saturated heterocycles. The van der Waals surface area contributed by atoms with Crippen molar-refractivity contribution >= 4 is 0 Å². The van der Waals surface area contributed by atoms with E-state index in [-0.39, 0.29) is 11.8 Å². The molecule has 5 nitrogen and oxygen atoms in total. The zero-order valence-electron chi connectivity index (χ0n) is 14.7. The number of aromatic hydroxyl groups is 1. The lowest BCUT2D eigenvalue weighted by molar-refractivity contribution is -0.0627. The quantitative estimate of drug-likeness (QED) is 0.788. The molecule has 3 N–H and O–H groups in total. The number of fused-ring (bicyclic) bond motifs is 1. The highest BCUT2D eigenvalue weighted by atomic mass is 16.5. The molecule has 0 saturated carbocycles. The average molecular weight is 355 g/mol. The lowest BCUT2D eigenvalue weighted by Crippen LogP contribution is -2.53. The predicted molar refractivity (Wildman–Crippen MR) is 98.3 cm³/mol. The van der Waals surface area contributed by atoms with Crippen LogP contribution in [-0.4, -0.2) is 51.6 Å². The number of hydrogen-bond donors (Lipinski definition) is 3. The summed E-state index contributed by atoms with van der Waals surface area (Å²) in [7, 11) is 0. The molecule has 2 aliphatic heterocycles. The molecule has 0 aromatic heterocycles. The van der Waals surface area contributed by atoms with Crippen molar-refractivity contribution < 1.29 is 20.1 Å². The Morgan fingerprint density at radius 3 is 2.54 bits per heavy atom. The van der Waals surface area contributed by atoms with Gasteiger partial charge in [0.15, 0.2) is 0 Å². The molecule has 4 rings (SSSR count). The molecule has 138 valence electrons. The van der Waals surface area contributed by atoms with Crippen molar-refractivity contribution in [1.29, 1.82) is 0 Å². The maximum absolute atomic E-state index is 10.9. The monoisotopic (exact) mass is 355 g/mol. The Morgan fingerprint density at radius 2 is 1.81 bits per heavy atom. The maximum Gasteiger partial charge on any atom is 0.128 e. The van der Waals surface area contributed by atoms with Crippen LogP contribution < -0.4 is 4.74 Å². The smallest absolute Gasteiger partial charge is 0.128 e. The van der Waals surface area contributed by atoms with Crippen molar-refractivity contribution in [1.82, 2.24) is 4.90 Å². The molecule has 0 amide bonds. The van der Waals surface area contributed by atoms with Gasteiger partial charge in [-0.15, -0.1) is 0 Å². The molecule has 0 unspecified atom stereocenters. The third kappa shape index (κ3) is 3.43. The van der Waals surface area contributed by atoms with Crippen LogP contribution in [0.4, 0.5) is 0 Å². The van der Waals surface area contributed by atoms with Gasteiger partial charge in [0.2, 0.25) is 0 Å². The number of piperidine rings is 1. The van der Waals surface area contributed by atoms with Crippen LogP contribution in [0.2, 0.25) is 0 Å². The highest BCUT2D eigenvalue weighted by Gasteiger charge is 2.39. The molecule has 0 spiro atoms. The Hall–Kier alpha value is -2.08. The lowest BCUT2D eigenvalue weighted by atomic mass is 9.84. The largest absolute Gasteiger partial charge is 0.508 e. The number of aliphatic hydroxyl groups is 2. The minimum absolute atomic E-state index is 0.131. The van der Waals surface area contributed by atoms with E-state index < -0.39 is 11.7 Å². The van der Waals surface area contributed by atoms with Gasteiger partial charge in [-0.3, -0.25) is 4.90 Å². The molecule has 0 bridgehead atoms. The van der Waals surface area contributed by atoms with E-state index in [1.807, 2.05) is 18.2 Å². The average Bonchev–Trinajstić information content (AvgIpc) is 2.64. The van der Waals surface area contributed by atoms with E-state index in [0.717, 1.165) is 18.7 Å². The van der Waals surface area contributed by atoms with Gasteiger partial charge in [0.25, 0.3) is 0 Å². The van der Waals surface area contributed by atoms with Crippen molar-refractivity contribution in [2.24, 2.45) is 0 Å². The second-order valence-electron chi connectivity index (χ2n) is 7.47. The molecule has 5 heteroatoms. The maximum atomic E-state index is 10.9. The first-order valence-electron chi connectivity index (χ1n) is 9.18. The van der Waals surface area contributed by atoms with Crippen LogP contribution in [0, 0.1) is 0 Å². The van der Waals surface area contributed by atoms with Crippen molar-refractivity contribution in [2.45, 2.75) is 37.0 Å². The number of phenolic OH excluding ortho intramolecular Hbond substituents is 1. The fourth-order valence-electron chi connectivity index (χ4n) is 4.10. The summed E-state index contributed by atoms with van der Waals surface area (Å²) in [6, 6.07) is 14.8. The van der Waals surface area contributed by atoms with Crippen LogP contribution in [0.3, 0.4) is 0 Å². The highest BCUT2D eigenvalue weighted by molar-refractivity contribution is 5.43. The normalized spacial score (nSPS) is 25.3. The Bertz CT molecular complexity index is 756. The van der Waals surface area contributed by atoms with Crippen LogP contribution in [0.15, 0.2) is 48.5 Å².